The lowest BCUT2D eigenvalue weighted by Crippen LogP contribution is -2.32. The molecule has 0 saturated heterocycles. The topological polar surface area (TPSA) is 42.0 Å². The van der Waals surface area contributed by atoms with Crippen molar-refractivity contribution in [2.45, 2.75) is 19.4 Å². The highest BCUT2D eigenvalue weighted by Gasteiger charge is 2.12. The fraction of sp³-hybridized carbons (Fsp3) is 0.200. The predicted molar refractivity (Wildman–Crippen MR) is 78.5 cm³/mol. The van der Waals surface area contributed by atoms with Gasteiger partial charge in [0.1, 0.15) is 5.69 Å². The highest BCUT2D eigenvalue weighted by molar-refractivity contribution is 6.35. The van der Waals surface area contributed by atoms with Gasteiger partial charge in [-0.3, -0.25) is 4.79 Å². The number of nitrogens with one attached hydrogen (secondary N) is 1. The van der Waals surface area contributed by atoms with E-state index in [1.807, 2.05) is 31.2 Å². The number of hydrogen-bond acceptors (Lipinski definition) is 2. The Balaban J connectivity index is 2.30. The first-order valence-electron chi connectivity index (χ1n) is 6.09. The molecule has 1 aromatic carbocycles. The fourth-order valence-electron chi connectivity index (χ4n) is 1.86. The van der Waals surface area contributed by atoms with Gasteiger partial charge in [0.15, 0.2) is 0 Å². The lowest BCUT2D eigenvalue weighted by molar-refractivity contribution is 0.0936. The molecule has 19 heavy (non-hydrogen) atoms. The van der Waals surface area contributed by atoms with Crippen LogP contribution in [-0.2, 0) is 0 Å². The lowest BCUT2D eigenvalue weighted by atomic mass is 10.2. The Kier molecular flexibility index (Phi) is 4.17. The van der Waals surface area contributed by atoms with E-state index < -0.39 is 0 Å². The van der Waals surface area contributed by atoms with Crippen molar-refractivity contribution in [3.8, 4) is 0 Å². The van der Waals surface area contributed by atoms with E-state index in [0.717, 1.165) is 10.9 Å². The van der Waals surface area contributed by atoms with Gasteiger partial charge in [-0.2, -0.15) is 0 Å². The summed E-state index contributed by atoms with van der Waals surface area (Å²) in [5.74, 6) is -0.220. The fourth-order valence-corrected chi connectivity index (χ4v) is 2.12. The molecule has 4 heteroatoms. The number of pyridine rings is 1. The summed E-state index contributed by atoms with van der Waals surface area (Å²) in [5.41, 5.74) is 1.05. The molecule has 0 fully saturated rings. The van der Waals surface area contributed by atoms with Crippen molar-refractivity contribution in [2.24, 2.45) is 0 Å². The number of halogens is 1. The Morgan fingerprint density at radius 2 is 2.26 bits per heavy atom. The molecule has 0 saturated carbocycles. The maximum atomic E-state index is 12.1. The zero-order valence-corrected chi connectivity index (χ0v) is 11.4. The van der Waals surface area contributed by atoms with Crippen molar-refractivity contribution in [3.05, 3.63) is 53.7 Å². The maximum Gasteiger partial charge on any atom is 0.270 e. The summed E-state index contributed by atoms with van der Waals surface area (Å²) in [7, 11) is 0. The van der Waals surface area contributed by atoms with Crippen LogP contribution in [0.15, 0.2) is 43.0 Å². The average molecular weight is 275 g/mol. The van der Waals surface area contributed by atoms with Crippen LogP contribution in [0, 0.1) is 0 Å². The molecule has 1 heterocycles. The maximum absolute atomic E-state index is 12.1. The van der Waals surface area contributed by atoms with Crippen LogP contribution in [-0.4, -0.2) is 16.9 Å². The molecule has 98 valence electrons. The molecule has 0 aliphatic carbocycles. The minimum absolute atomic E-state index is 0.0250. The molecule has 0 spiro atoms. The van der Waals surface area contributed by atoms with Crippen molar-refractivity contribution in [3.63, 3.8) is 0 Å². The Morgan fingerprint density at radius 1 is 1.53 bits per heavy atom. The van der Waals surface area contributed by atoms with E-state index >= 15 is 0 Å². The molecule has 1 amide bonds. The number of para-hydroxylation sites is 1. The summed E-state index contributed by atoms with van der Waals surface area (Å²) < 4.78 is 0. The quantitative estimate of drug-likeness (QED) is 0.866. The van der Waals surface area contributed by atoms with Crippen LogP contribution < -0.4 is 5.32 Å². The smallest absolute Gasteiger partial charge is 0.270 e. The number of aromatic nitrogens is 1. The van der Waals surface area contributed by atoms with Crippen molar-refractivity contribution < 1.29 is 4.79 Å². The molecule has 1 N–H and O–H groups in total. The van der Waals surface area contributed by atoms with Crippen molar-refractivity contribution in [1.29, 1.82) is 0 Å². The highest BCUT2D eigenvalue weighted by atomic mass is 35.5. The third kappa shape index (κ3) is 3.12. The van der Waals surface area contributed by atoms with E-state index in [1.165, 1.54) is 0 Å². The van der Waals surface area contributed by atoms with Gasteiger partial charge >= 0.3 is 0 Å². The zero-order valence-electron chi connectivity index (χ0n) is 10.7. The van der Waals surface area contributed by atoms with Crippen molar-refractivity contribution in [2.75, 3.05) is 0 Å². The van der Waals surface area contributed by atoms with Gasteiger partial charge in [-0.1, -0.05) is 35.9 Å². The second-order valence-corrected chi connectivity index (χ2v) is 4.81. The second kappa shape index (κ2) is 5.85. The number of fused-ring (bicyclic) bond motifs is 1. The molecule has 0 aliphatic rings. The first-order valence-corrected chi connectivity index (χ1v) is 6.46. The molecule has 0 aliphatic heterocycles. The van der Waals surface area contributed by atoms with Crippen LogP contribution in [0.5, 0.6) is 0 Å². The van der Waals surface area contributed by atoms with E-state index in [2.05, 4.69) is 16.9 Å². The Morgan fingerprint density at radius 3 is 3.00 bits per heavy atom. The van der Waals surface area contributed by atoms with Crippen LogP contribution in [0.1, 0.15) is 23.8 Å². The molecule has 3 nitrogen and oxygen atoms in total. The SMILES string of the molecule is C=CCC(C)NC(=O)c1cc(Cl)c2ccccc2n1. The molecule has 2 rings (SSSR count). The van der Waals surface area contributed by atoms with Crippen LogP contribution >= 0.6 is 11.6 Å². The van der Waals surface area contributed by atoms with Crippen LogP contribution in [0.3, 0.4) is 0 Å². The Labute approximate surface area is 117 Å². The number of carbonyl (C=O) groups is 1. The molecular weight excluding hydrogens is 260 g/mol. The highest BCUT2D eigenvalue weighted by Crippen LogP contribution is 2.22. The third-order valence-electron chi connectivity index (χ3n) is 2.80. The van der Waals surface area contributed by atoms with Gasteiger partial charge in [0.05, 0.1) is 10.5 Å². The minimum atomic E-state index is -0.220. The first-order chi connectivity index (χ1) is 9.11. The number of benzene rings is 1. The number of nitrogens with zero attached hydrogens (tertiary/aromatic N) is 1. The van der Waals surface area contributed by atoms with Gasteiger partial charge < -0.3 is 5.32 Å². The van der Waals surface area contributed by atoms with E-state index in [-0.39, 0.29) is 11.9 Å². The van der Waals surface area contributed by atoms with Crippen molar-refractivity contribution >= 4 is 28.4 Å². The summed E-state index contributed by atoms with van der Waals surface area (Å²) in [4.78, 5) is 16.4. The Hall–Kier alpha value is -1.87. The summed E-state index contributed by atoms with van der Waals surface area (Å²) in [6, 6.07) is 9.10. The van der Waals surface area contributed by atoms with Gasteiger partial charge in [-0.15, -0.1) is 6.58 Å². The van der Waals surface area contributed by atoms with Gasteiger partial charge in [-0.05, 0) is 25.5 Å². The largest absolute Gasteiger partial charge is 0.348 e. The van der Waals surface area contributed by atoms with Gasteiger partial charge in [0, 0.05) is 11.4 Å². The molecule has 1 unspecified atom stereocenters. The molecular formula is C15H15ClN2O. The lowest BCUT2D eigenvalue weighted by Gasteiger charge is -2.12. The van der Waals surface area contributed by atoms with Crippen LogP contribution in [0.4, 0.5) is 0 Å². The summed E-state index contributed by atoms with van der Waals surface area (Å²) in [6.45, 7) is 5.57. The number of rotatable bonds is 4. The molecule has 2 aromatic rings. The number of carbonyl (C=O) groups excluding carboxylic acids is 1. The van der Waals surface area contributed by atoms with Crippen LogP contribution in [0.25, 0.3) is 10.9 Å². The van der Waals surface area contributed by atoms with Gasteiger partial charge in [-0.25, -0.2) is 4.98 Å². The summed E-state index contributed by atoms with van der Waals surface area (Å²) >= 11 is 6.17. The number of hydrogen-bond donors (Lipinski definition) is 1. The Bertz CT molecular complexity index is 625. The summed E-state index contributed by atoms with van der Waals surface area (Å²) in [6.07, 6.45) is 2.48. The van der Waals surface area contributed by atoms with Gasteiger partial charge in [0.2, 0.25) is 0 Å². The average Bonchev–Trinajstić information content (AvgIpc) is 2.39. The van der Waals surface area contributed by atoms with E-state index in [1.54, 1.807) is 12.1 Å². The molecule has 1 aromatic heterocycles. The van der Waals surface area contributed by atoms with Gasteiger partial charge in [0.25, 0.3) is 5.91 Å². The summed E-state index contributed by atoms with van der Waals surface area (Å²) in [5, 5.41) is 4.24. The van der Waals surface area contributed by atoms with E-state index in [4.69, 9.17) is 11.6 Å². The van der Waals surface area contributed by atoms with Crippen molar-refractivity contribution in [1.82, 2.24) is 10.3 Å². The third-order valence-corrected chi connectivity index (χ3v) is 3.11. The first kappa shape index (κ1) is 13.6. The zero-order chi connectivity index (χ0) is 13.8. The second-order valence-electron chi connectivity index (χ2n) is 4.41. The minimum Gasteiger partial charge on any atom is -0.348 e. The molecule has 0 radical (unpaired) electrons. The molecule has 0 bridgehead atoms. The van der Waals surface area contributed by atoms with Crippen LogP contribution in [0.2, 0.25) is 5.02 Å². The standard InChI is InChI=1S/C15H15ClN2O/c1-3-6-10(2)17-15(19)14-9-12(16)11-7-4-5-8-13(11)18-14/h3-5,7-10H,1,6H2,2H3,(H,17,19). The predicted octanol–water partition coefficient (Wildman–Crippen LogP) is 3.58. The van der Waals surface area contributed by atoms with E-state index in [9.17, 15) is 4.79 Å². The van der Waals surface area contributed by atoms with E-state index in [0.29, 0.717) is 17.1 Å². The monoisotopic (exact) mass is 274 g/mol. The number of amides is 1. The molecule has 1 atom stereocenters. The normalized spacial score (nSPS) is 12.1.